The molecule has 0 bridgehead atoms. The van der Waals surface area contributed by atoms with Gasteiger partial charge in [0.05, 0.1) is 6.26 Å². The molecule has 0 aliphatic rings. The Hall–Kier alpha value is -2.87. The predicted molar refractivity (Wildman–Crippen MR) is 84.1 cm³/mol. The van der Waals surface area contributed by atoms with Crippen molar-refractivity contribution in [1.82, 2.24) is 10.5 Å². The molecule has 0 saturated heterocycles. The monoisotopic (exact) mass is 331 g/mol. The van der Waals surface area contributed by atoms with E-state index in [-0.39, 0.29) is 11.6 Å². The maximum absolute atomic E-state index is 12.1. The third kappa shape index (κ3) is 3.49. The Morgan fingerprint density at radius 1 is 1.35 bits per heavy atom. The molecule has 0 saturated carbocycles. The molecule has 0 aromatic carbocycles. The number of aromatic nitrogens is 1. The fourth-order valence-corrected chi connectivity index (χ4v) is 2.50. The Morgan fingerprint density at radius 3 is 2.91 bits per heavy atom. The minimum Gasteiger partial charge on any atom is -0.459 e. The largest absolute Gasteiger partial charge is 0.459 e. The lowest BCUT2D eigenvalue weighted by Crippen LogP contribution is -2.41. The summed E-state index contributed by atoms with van der Waals surface area (Å²) in [6, 6.07) is 5.88. The van der Waals surface area contributed by atoms with Crippen LogP contribution in [-0.2, 0) is 4.79 Å². The van der Waals surface area contributed by atoms with Crippen molar-refractivity contribution in [3.05, 3.63) is 47.0 Å². The zero-order valence-corrected chi connectivity index (χ0v) is 12.9. The summed E-state index contributed by atoms with van der Waals surface area (Å²) >= 11 is 1.54. The molecule has 8 heteroatoms. The topological polar surface area (TPSA) is 97.4 Å². The van der Waals surface area contributed by atoms with Crippen molar-refractivity contribution in [2.24, 2.45) is 0 Å². The molecule has 118 valence electrons. The van der Waals surface area contributed by atoms with E-state index in [9.17, 15) is 9.59 Å². The van der Waals surface area contributed by atoms with E-state index in [1.54, 1.807) is 30.4 Å². The second kappa shape index (κ2) is 6.49. The summed E-state index contributed by atoms with van der Waals surface area (Å²) < 4.78 is 10.0. The maximum atomic E-state index is 12.1. The SMILES string of the molecule is C[C@@H](NC(=O)c1ccco1)C(=O)Nc1cc(-c2ccsc2)no1. The fourth-order valence-electron chi connectivity index (χ4n) is 1.85. The van der Waals surface area contributed by atoms with Crippen LogP contribution < -0.4 is 10.6 Å². The molecule has 1 atom stereocenters. The van der Waals surface area contributed by atoms with Crippen LogP contribution in [-0.4, -0.2) is 23.0 Å². The van der Waals surface area contributed by atoms with Crippen molar-refractivity contribution in [1.29, 1.82) is 0 Å². The molecule has 2 N–H and O–H groups in total. The highest BCUT2D eigenvalue weighted by Crippen LogP contribution is 2.23. The number of carbonyl (C=O) groups is 2. The average molecular weight is 331 g/mol. The number of amides is 2. The van der Waals surface area contributed by atoms with Gasteiger partial charge in [0, 0.05) is 17.0 Å². The van der Waals surface area contributed by atoms with Crippen LogP contribution in [0, 0.1) is 0 Å². The van der Waals surface area contributed by atoms with E-state index in [0.29, 0.717) is 5.69 Å². The fraction of sp³-hybridized carbons (Fsp3) is 0.133. The molecule has 0 aliphatic heterocycles. The molecule has 0 radical (unpaired) electrons. The van der Waals surface area contributed by atoms with Gasteiger partial charge in [-0.3, -0.25) is 14.9 Å². The van der Waals surface area contributed by atoms with Crippen LogP contribution in [0.1, 0.15) is 17.5 Å². The average Bonchev–Trinajstić information content (AvgIpc) is 3.28. The molecule has 3 heterocycles. The minimum absolute atomic E-state index is 0.143. The molecule has 2 amide bonds. The van der Waals surface area contributed by atoms with Gasteiger partial charge in [0.25, 0.3) is 5.91 Å². The minimum atomic E-state index is -0.762. The summed E-state index contributed by atoms with van der Waals surface area (Å²) in [6.07, 6.45) is 1.39. The van der Waals surface area contributed by atoms with Gasteiger partial charge in [-0.1, -0.05) is 5.16 Å². The lowest BCUT2D eigenvalue weighted by molar-refractivity contribution is -0.117. The number of furan rings is 1. The molecule has 3 aromatic heterocycles. The Balaban J connectivity index is 1.59. The van der Waals surface area contributed by atoms with Gasteiger partial charge < -0.3 is 14.3 Å². The lowest BCUT2D eigenvalue weighted by Gasteiger charge is -2.11. The van der Waals surface area contributed by atoms with Crippen LogP contribution in [0.3, 0.4) is 0 Å². The summed E-state index contributed by atoms with van der Waals surface area (Å²) in [7, 11) is 0. The first-order chi connectivity index (χ1) is 11.1. The molecule has 3 aromatic rings. The summed E-state index contributed by atoms with van der Waals surface area (Å²) in [6.45, 7) is 1.56. The summed E-state index contributed by atoms with van der Waals surface area (Å²) in [5.74, 6) is -0.522. The predicted octanol–water partition coefficient (Wildman–Crippen LogP) is 2.75. The Kier molecular flexibility index (Phi) is 4.24. The second-order valence-corrected chi connectivity index (χ2v) is 5.53. The van der Waals surface area contributed by atoms with Gasteiger partial charge in [0.2, 0.25) is 11.8 Å². The van der Waals surface area contributed by atoms with Crippen LogP contribution in [0.25, 0.3) is 11.3 Å². The first-order valence-corrected chi connectivity index (χ1v) is 7.72. The van der Waals surface area contributed by atoms with Crippen LogP contribution in [0.2, 0.25) is 0 Å². The van der Waals surface area contributed by atoms with Crippen LogP contribution in [0.4, 0.5) is 5.88 Å². The Labute approximate surface area is 135 Å². The van der Waals surface area contributed by atoms with Crippen molar-refractivity contribution in [3.8, 4) is 11.3 Å². The van der Waals surface area contributed by atoms with Crippen LogP contribution >= 0.6 is 11.3 Å². The highest BCUT2D eigenvalue weighted by Gasteiger charge is 2.19. The maximum Gasteiger partial charge on any atom is 0.287 e. The molecule has 0 fully saturated rings. The van der Waals surface area contributed by atoms with Gasteiger partial charge in [0.15, 0.2) is 5.76 Å². The molecule has 0 spiro atoms. The van der Waals surface area contributed by atoms with Crippen molar-refractivity contribution in [2.75, 3.05) is 5.32 Å². The molecular weight excluding hydrogens is 318 g/mol. The second-order valence-electron chi connectivity index (χ2n) is 4.75. The van der Waals surface area contributed by atoms with Gasteiger partial charge in [-0.2, -0.15) is 11.3 Å². The van der Waals surface area contributed by atoms with Crippen molar-refractivity contribution in [2.45, 2.75) is 13.0 Å². The number of anilines is 1. The molecular formula is C15H13N3O4S. The molecule has 3 rings (SSSR count). The normalized spacial score (nSPS) is 11.9. The third-order valence-corrected chi connectivity index (χ3v) is 3.74. The Morgan fingerprint density at radius 2 is 2.22 bits per heavy atom. The van der Waals surface area contributed by atoms with Crippen LogP contribution in [0.15, 0.2) is 50.2 Å². The van der Waals surface area contributed by atoms with E-state index in [1.165, 1.54) is 12.3 Å². The van der Waals surface area contributed by atoms with E-state index in [0.717, 1.165) is 5.56 Å². The number of nitrogens with one attached hydrogen (secondary N) is 2. The van der Waals surface area contributed by atoms with Gasteiger partial charge in [-0.15, -0.1) is 0 Å². The molecule has 0 aliphatic carbocycles. The van der Waals surface area contributed by atoms with E-state index in [2.05, 4.69) is 15.8 Å². The molecule has 23 heavy (non-hydrogen) atoms. The van der Waals surface area contributed by atoms with E-state index in [4.69, 9.17) is 8.94 Å². The third-order valence-electron chi connectivity index (χ3n) is 3.06. The quantitative estimate of drug-likeness (QED) is 0.749. The van der Waals surface area contributed by atoms with Gasteiger partial charge in [-0.05, 0) is 30.5 Å². The lowest BCUT2D eigenvalue weighted by atomic mass is 10.2. The number of hydrogen-bond donors (Lipinski definition) is 2. The highest BCUT2D eigenvalue weighted by atomic mass is 32.1. The summed E-state index contributed by atoms with van der Waals surface area (Å²) in [5, 5.41) is 12.8. The zero-order valence-electron chi connectivity index (χ0n) is 12.1. The smallest absolute Gasteiger partial charge is 0.287 e. The van der Waals surface area contributed by atoms with Crippen molar-refractivity contribution < 1.29 is 18.5 Å². The number of hydrogen-bond acceptors (Lipinski definition) is 6. The van der Waals surface area contributed by atoms with Crippen LogP contribution in [0.5, 0.6) is 0 Å². The number of nitrogens with zero attached hydrogens (tertiary/aromatic N) is 1. The molecule has 0 unspecified atom stereocenters. The van der Waals surface area contributed by atoms with Crippen molar-refractivity contribution in [3.63, 3.8) is 0 Å². The summed E-state index contributed by atoms with van der Waals surface area (Å²) in [5.41, 5.74) is 1.55. The summed E-state index contributed by atoms with van der Waals surface area (Å²) in [4.78, 5) is 23.9. The number of rotatable bonds is 5. The van der Waals surface area contributed by atoms with Gasteiger partial charge >= 0.3 is 0 Å². The standard InChI is InChI=1S/C15H13N3O4S/c1-9(16-15(20)12-3-2-5-21-12)14(19)17-13-7-11(18-22-13)10-4-6-23-8-10/h2-9H,1H3,(H,16,20)(H,17,19)/t9-/m1/s1. The number of carbonyl (C=O) groups excluding carboxylic acids is 2. The van der Waals surface area contributed by atoms with E-state index >= 15 is 0 Å². The van der Waals surface area contributed by atoms with Gasteiger partial charge in [0.1, 0.15) is 11.7 Å². The van der Waals surface area contributed by atoms with E-state index in [1.807, 2.05) is 16.8 Å². The van der Waals surface area contributed by atoms with Crippen molar-refractivity contribution >= 4 is 29.0 Å². The van der Waals surface area contributed by atoms with E-state index < -0.39 is 17.9 Å². The first kappa shape index (κ1) is 15.0. The zero-order chi connectivity index (χ0) is 16.2. The highest BCUT2D eigenvalue weighted by molar-refractivity contribution is 7.08. The molecule has 7 nitrogen and oxygen atoms in total. The first-order valence-electron chi connectivity index (χ1n) is 6.78. The Bertz CT molecular complexity index is 793. The van der Waals surface area contributed by atoms with Gasteiger partial charge in [-0.25, -0.2) is 0 Å². The number of thiophene rings is 1.